The predicted octanol–water partition coefficient (Wildman–Crippen LogP) is 3.50. The number of carbonyl (C=O) groups is 1. The molecule has 1 atom stereocenters. The van der Waals surface area contributed by atoms with E-state index in [0.717, 1.165) is 34.0 Å². The molecular formula is C16H19BrN2O2. The number of rotatable bonds is 3. The van der Waals surface area contributed by atoms with Crippen molar-refractivity contribution in [3.8, 4) is 0 Å². The highest BCUT2D eigenvalue weighted by atomic mass is 79.9. The fourth-order valence-corrected chi connectivity index (χ4v) is 3.09. The van der Waals surface area contributed by atoms with Crippen LogP contribution in [0.1, 0.15) is 36.7 Å². The van der Waals surface area contributed by atoms with E-state index in [2.05, 4.69) is 45.7 Å². The Morgan fingerprint density at radius 2 is 2.29 bits per heavy atom. The third-order valence-corrected chi connectivity index (χ3v) is 4.36. The van der Waals surface area contributed by atoms with Crippen LogP contribution in [-0.4, -0.2) is 29.7 Å². The minimum Gasteiger partial charge on any atom is -0.379 e. The summed E-state index contributed by atoms with van der Waals surface area (Å²) in [6.07, 6.45) is 2.84. The average Bonchev–Trinajstić information content (AvgIpc) is 3.05. The highest BCUT2D eigenvalue weighted by Gasteiger charge is 2.22. The summed E-state index contributed by atoms with van der Waals surface area (Å²) >= 11 is 3.50. The Bertz CT molecular complexity index is 672. The molecule has 0 radical (unpaired) electrons. The lowest BCUT2D eigenvalue weighted by atomic mass is 10.1. The van der Waals surface area contributed by atoms with E-state index in [4.69, 9.17) is 4.74 Å². The predicted molar refractivity (Wildman–Crippen MR) is 86.7 cm³/mol. The number of nitrogens with zero attached hydrogens (tertiary/aromatic N) is 1. The molecule has 1 fully saturated rings. The van der Waals surface area contributed by atoms with E-state index in [-0.39, 0.29) is 11.9 Å². The molecule has 2 aromatic rings. The average molecular weight is 351 g/mol. The fourth-order valence-electron chi connectivity index (χ4n) is 2.74. The number of amides is 1. The molecule has 1 aromatic carbocycles. The molecule has 1 aromatic heterocycles. The molecule has 1 N–H and O–H groups in total. The topological polar surface area (TPSA) is 43.3 Å². The van der Waals surface area contributed by atoms with Crippen molar-refractivity contribution in [3.05, 3.63) is 34.4 Å². The molecule has 4 nitrogen and oxygen atoms in total. The summed E-state index contributed by atoms with van der Waals surface area (Å²) in [5, 5.41) is 4.05. The number of hydrogen-bond acceptors (Lipinski definition) is 2. The van der Waals surface area contributed by atoms with Gasteiger partial charge in [-0.25, -0.2) is 0 Å². The van der Waals surface area contributed by atoms with E-state index in [0.29, 0.717) is 12.6 Å². The van der Waals surface area contributed by atoms with Crippen LogP contribution in [0.5, 0.6) is 0 Å². The van der Waals surface area contributed by atoms with Gasteiger partial charge in [0.15, 0.2) is 0 Å². The van der Waals surface area contributed by atoms with Gasteiger partial charge in [0.25, 0.3) is 5.91 Å². The summed E-state index contributed by atoms with van der Waals surface area (Å²) in [6.45, 7) is 5.57. The summed E-state index contributed by atoms with van der Waals surface area (Å²) in [6, 6.07) is 6.47. The number of aromatic nitrogens is 1. The molecule has 0 saturated carbocycles. The van der Waals surface area contributed by atoms with Crippen molar-refractivity contribution >= 4 is 32.7 Å². The van der Waals surface area contributed by atoms with Crippen LogP contribution in [0.4, 0.5) is 0 Å². The fraction of sp³-hybridized carbons (Fsp3) is 0.438. The maximum absolute atomic E-state index is 12.5. The largest absolute Gasteiger partial charge is 0.379 e. The molecule has 1 amide bonds. The van der Waals surface area contributed by atoms with E-state index in [1.165, 1.54) is 0 Å². The van der Waals surface area contributed by atoms with Crippen LogP contribution in [0, 0.1) is 0 Å². The monoisotopic (exact) mass is 350 g/mol. The van der Waals surface area contributed by atoms with Crippen molar-refractivity contribution in [1.29, 1.82) is 0 Å². The molecule has 1 saturated heterocycles. The summed E-state index contributed by atoms with van der Waals surface area (Å²) in [5.41, 5.74) is 1.81. The first-order valence-corrected chi connectivity index (χ1v) is 8.04. The Morgan fingerprint density at radius 1 is 1.48 bits per heavy atom. The molecular weight excluding hydrogens is 332 g/mol. The zero-order valence-electron chi connectivity index (χ0n) is 12.2. The third kappa shape index (κ3) is 2.85. The Kier molecular flexibility index (Phi) is 4.04. The molecule has 5 heteroatoms. The highest BCUT2D eigenvalue weighted by molar-refractivity contribution is 9.10. The van der Waals surface area contributed by atoms with Gasteiger partial charge < -0.3 is 14.6 Å². The van der Waals surface area contributed by atoms with Crippen LogP contribution < -0.4 is 5.32 Å². The number of ether oxygens (including phenoxy) is 1. The van der Waals surface area contributed by atoms with Gasteiger partial charge in [0.1, 0.15) is 0 Å². The third-order valence-electron chi connectivity index (χ3n) is 3.86. The van der Waals surface area contributed by atoms with Crippen molar-refractivity contribution in [3.63, 3.8) is 0 Å². The van der Waals surface area contributed by atoms with Crippen molar-refractivity contribution in [2.24, 2.45) is 0 Å². The van der Waals surface area contributed by atoms with Gasteiger partial charge in [-0.3, -0.25) is 4.79 Å². The van der Waals surface area contributed by atoms with Crippen LogP contribution in [0.3, 0.4) is 0 Å². The summed E-state index contributed by atoms with van der Waals surface area (Å²) in [5.74, 6) is -0.0165. The van der Waals surface area contributed by atoms with Gasteiger partial charge >= 0.3 is 0 Å². The first-order valence-electron chi connectivity index (χ1n) is 7.25. The second-order valence-electron chi connectivity index (χ2n) is 5.74. The molecule has 0 spiro atoms. The van der Waals surface area contributed by atoms with Crippen molar-refractivity contribution in [1.82, 2.24) is 9.88 Å². The van der Waals surface area contributed by atoms with Crippen LogP contribution in [-0.2, 0) is 4.74 Å². The first-order chi connectivity index (χ1) is 10.1. The number of carbonyl (C=O) groups excluding carboxylic acids is 1. The van der Waals surface area contributed by atoms with Crippen LogP contribution in [0.25, 0.3) is 10.9 Å². The molecule has 1 aliphatic rings. The maximum Gasteiger partial charge on any atom is 0.253 e. The standard InChI is InChI=1S/C16H19BrN2O2/c1-10(2)19-8-14(13-4-3-11(17)7-15(13)19)16(20)18-12-5-6-21-9-12/h3-4,7-8,10,12H,5-6,9H2,1-2H3,(H,18,20). The summed E-state index contributed by atoms with van der Waals surface area (Å²) < 4.78 is 8.47. The van der Waals surface area contributed by atoms with Crippen LogP contribution >= 0.6 is 15.9 Å². The number of halogens is 1. The minimum atomic E-state index is -0.0165. The molecule has 0 bridgehead atoms. The van der Waals surface area contributed by atoms with E-state index in [1.54, 1.807) is 0 Å². The Hall–Kier alpha value is -1.33. The Morgan fingerprint density at radius 3 is 2.95 bits per heavy atom. The molecule has 112 valence electrons. The molecule has 21 heavy (non-hydrogen) atoms. The van der Waals surface area contributed by atoms with Gasteiger partial charge in [-0.15, -0.1) is 0 Å². The van der Waals surface area contributed by atoms with Gasteiger partial charge in [0, 0.05) is 28.7 Å². The summed E-state index contributed by atoms with van der Waals surface area (Å²) in [7, 11) is 0. The van der Waals surface area contributed by atoms with E-state index in [9.17, 15) is 4.79 Å². The smallest absolute Gasteiger partial charge is 0.253 e. The number of fused-ring (bicyclic) bond motifs is 1. The zero-order valence-corrected chi connectivity index (χ0v) is 13.8. The number of benzene rings is 1. The van der Waals surface area contributed by atoms with Gasteiger partial charge in [0.2, 0.25) is 0 Å². The van der Waals surface area contributed by atoms with Crippen LogP contribution in [0.15, 0.2) is 28.9 Å². The van der Waals surface area contributed by atoms with Gasteiger partial charge in [0.05, 0.1) is 23.7 Å². The molecule has 1 aliphatic heterocycles. The van der Waals surface area contributed by atoms with E-state index < -0.39 is 0 Å². The highest BCUT2D eigenvalue weighted by Crippen LogP contribution is 2.27. The summed E-state index contributed by atoms with van der Waals surface area (Å²) in [4.78, 5) is 12.5. The maximum atomic E-state index is 12.5. The van der Waals surface area contributed by atoms with E-state index >= 15 is 0 Å². The number of nitrogens with one attached hydrogen (secondary N) is 1. The minimum absolute atomic E-state index is 0.0165. The Balaban J connectivity index is 1.99. The number of hydrogen-bond donors (Lipinski definition) is 1. The second-order valence-corrected chi connectivity index (χ2v) is 6.65. The van der Waals surface area contributed by atoms with Crippen molar-refractivity contribution in [2.45, 2.75) is 32.4 Å². The van der Waals surface area contributed by atoms with E-state index in [1.807, 2.05) is 18.3 Å². The zero-order chi connectivity index (χ0) is 15.0. The quantitative estimate of drug-likeness (QED) is 0.920. The van der Waals surface area contributed by atoms with Crippen molar-refractivity contribution < 1.29 is 9.53 Å². The van der Waals surface area contributed by atoms with Crippen molar-refractivity contribution in [2.75, 3.05) is 13.2 Å². The lowest BCUT2D eigenvalue weighted by Crippen LogP contribution is -2.34. The normalized spacial score (nSPS) is 18.6. The molecule has 2 heterocycles. The second kappa shape index (κ2) is 5.81. The molecule has 3 rings (SSSR count). The van der Waals surface area contributed by atoms with Gasteiger partial charge in [-0.05, 0) is 32.4 Å². The SMILES string of the molecule is CC(C)n1cc(C(=O)NC2CCOC2)c2ccc(Br)cc21. The van der Waals surface area contributed by atoms with Crippen LogP contribution in [0.2, 0.25) is 0 Å². The Labute approximate surface area is 132 Å². The molecule has 0 aliphatic carbocycles. The van der Waals surface area contributed by atoms with Gasteiger partial charge in [-0.2, -0.15) is 0 Å². The van der Waals surface area contributed by atoms with Gasteiger partial charge in [-0.1, -0.05) is 22.0 Å². The lowest BCUT2D eigenvalue weighted by Gasteiger charge is -2.10. The first kappa shape index (κ1) is 14.6. The lowest BCUT2D eigenvalue weighted by molar-refractivity contribution is 0.0931. The molecule has 1 unspecified atom stereocenters.